The van der Waals surface area contributed by atoms with Gasteiger partial charge in [-0.3, -0.25) is 0 Å². The third kappa shape index (κ3) is 3.58. The SMILES string of the molecule is COC(=O)[C@@H](Nc1nc(C)cc(OC)n1)C(C)C. The van der Waals surface area contributed by atoms with Crippen LogP contribution >= 0.6 is 0 Å². The van der Waals surface area contributed by atoms with Crippen LogP contribution in [0.25, 0.3) is 0 Å². The molecule has 100 valence electrons. The van der Waals surface area contributed by atoms with Gasteiger partial charge in [0.05, 0.1) is 14.2 Å². The Morgan fingerprint density at radius 3 is 2.50 bits per heavy atom. The highest BCUT2D eigenvalue weighted by Gasteiger charge is 2.23. The molecule has 0 radical (unpaired) electrons. The van der Waals surface area contributed by atoms with Gasteiger partial charge in [0, 0.05) is 11.8 Å². The molecule has 1 rings (SSSR count). The fourth-order valence-corrected chi connectivity index (χ4v) is 1.47. The van der Waals surface area contributed by atoms with Crippen LogP contribution < -0.4 is 10.1 Å². The Hall–Kier alpha value is -1.85. The van der Waals surface area contributed by atoms with Crippen molar-refractivity contribution in [2.24, 2.45) is 5.92 Å². The number of esters is 1. The molecule has 1 heterocycles. The van der Waals surface area contributed by atoms with Crippen LogP contribution in [-0.4, -0.2) is 36.2 Å². The molecule has 0 aliphatic heterocycles. The van der Waals surface area contributed by atoms with Crippen LogP contribution in [0.4, 0.5) is 5.95 Å². The lowest BCUT2D eigenvalue weighted by molar-refractivity contribution is -0.142. The van der Waals surface area contributed by atoms with E-state index in [9.17, 15) is 4.79 Å². The quantitative estimate of drug-likeness (QED) is 0.800. The second-order valence-electron chi connectivity index (χ2n) is 4.26. The largest absolute Gasteiger partial charge is 0.481 e. The molecule has 0 aliphatic carbocycles. The van der Waals surface area contributed by atoms with E-state index in [1.54, 1.807) is 6.07 Å². The van der Waals surface area contributed by atoms with Crippen LogP contribution in [0.3, 0.4) is 0 Å². The summed E-state index contributed by atoms with van der Waals surface area (Å²) in [4.78, 5) is 20.0. The lowest BCUT2D eigenvalue weighted by atomic mass is 10.1. The molecule has 1 aromatic rings. The number of nitrogens with one attached hydrogen (secondary N) is 1. The van der Waals surface area contributed by atoms with Gasteiger partial charge >= 0.3 is 5.97 Å². The summed E-state index contributed by atoms with van der Waals surface area (Å²) in [6.45, 7) is 5.67. The Balaban J connectivity index is 2.93. The molecular weight excluding hydrogens is 234 g/mol. The molecule has 0 aromatic carbocycles. The van der Waals surface area contributed by atoms with Crippen molar-refractivity contribution in [1.82, 2.24) is 9.97 Å². The van der Waals surface area contributed by atoms with Gasteiger partial charge in [0.1, 0.15) is 6.04 Å². The molecule has 18 heavy (non-hydrogen) atoms. The zero-order valence-corrected chi connectivity index (χ0v) is 11.4. The Morgan fingerprint density at radius 2 is 2.00 bits per heavy atom. The van der Waals surface area contributed by atoms with Crippen LogP contribution in [-0.2, 0) is 9.53 Å². The van der Waals surface area contributed by atoms with E-state index in [0.29, 0.717) is 11.8 Å². The van der Waals surface area contributed by atoms with Crippen LogP contribution in [0.5, 0.6) is 5.88 Å². The minimum Gasteiger partial charge on any atom is -0.481 e. The van der Waals surface area contributed by atoms with Crippen molar-refractivity contribution in [2.75, 3.05) is 19.5 Å². The van der Waals surface area contributed by atoms with E-state index in [2.05, 4.69) is 15.3 Å². The first kappa shape index (κ1) is 14.2. The summed E-state index contributed by atoms with van der Waals surface area (Å²) in [6.07, 6.45) is 0. The summed E-state index contributed by atoms with van der Waals surface area (Å²) in [5.41, 5.74) is 0.761. The number of aryl methyl sites for hydroxylation is 1. The number of methoxy groups -OCH3 is 2. The molecule has 6 heteroatoms. The number of hydrogen-bond donors (Lipinski definition) is 1. The summed E-state index contributed by atoms with van der Waals surface area (Å²) in [6, 6.07) is 1.23. The molecule has 6 nitrogen and oxygen atoms in total. The third-order valence-corrected chi connectivity index (χ3v) is 2.45. The lowest BCUT2D eigenvalue weighted by Gasteiger charge is -2.20. The average Bonchev–Trinajstić information content (AvgIpc) is 2.34. The van der Waals surface area contributed by atoms with Gasteiger partial charge in [-0.05, 0) is 12.8 Å². The average molecular weight is 253 g/mol. The van der Waals surface area contributed by atoms with Crippen molar-refractivity contribution >= 4 is 11.9 Å². The van der Waals surface area contributed by atoms with E-state index in [0.717, 1.165) is 5.69 Å². The van der Waals surface area contributed by atoms with E-state index >= 15 is 0 Å². The van der Waals surface area contributed by atoms with E-state index in [4.69, 9.17) is 9.47 Å². The molecule has 0 aliphatic rings. The van der Waals surface area contributed by atoms with Crippen molar-refractivity contribution in [2.45, 2.75) is 26.8 Å². The maximum atomic E-state index is 11.6. The molecule has 0 saturated heterocycles. The number of carbonyl (C=O) groups excluding carboxylic acids is 1. The topological polar surface area (TPSA) is 73.3 Å². The van der Waals surface area contributed by atoms with Gasteiger partial charge in [0.25, 0.3) is 0 Å². The number of anilines is 1. The second kappa shape index (κ2) is 6.18. The fraction of sp³-hybridized carbons (Fsp3) is 0.583. The smallest absolute Gasteiger partial charge is 0.328 e. The van der Waals surface area contributed by atoms with Crippen LogP contribution in [0.15, 0.2) is 6.07 Å². The Bertz CT molecular complexity index is 421. The van der Waals surface area contributed by atoms with Gasteiger partial charge in [-0.1, -0.05) is 13.8 Å². The van der Waals surface area contributed by atoms with Crippen LogP contribution in [0, 0.1) is 12.8 Å². The molecule has 0 spiro atoms. The standard InChI is InChI=1S/C12H19N3O3/c1-7(2)10(11(16)18-5)15-12-13-8(3)6-9(14-12)17-4/h6-7,10H,1-5H3,(H,13,14,15)/t10-/m0/s1. The molecule has 0 amide bonds. The number of nitrogens with zero attached hydrogens (tertiary/aromatic N) is 2. The number of rotatable bonds is 5. The van der Waals surface area contributed by atoms with Crippen molar-refractivity contribution in [1.29, 1.82) is 0 Å². The number of carbonyl (C=O) groups is 1. The molecule has 1 N–H and O–H groups in total. The Labute approximate surface area is 107 Å². The summed E-state index contributed by atoms with van der Waals surface area (Å²) in [5, 5.41) is 2.97. The fourth-order valence-electron chi connectivity index (χ4n) is 1.47. The summed E-state index contributed by atoms with van der Waals surface area (Å²) >= 11 is 0. The Morgan fingerprint density at radius 1 is 1.33 bits per heavy atom. The molecule has 0 saturated carbocycles. The van der Waals surface area contributed by atoms with Gasteiger partial charge in [-0.15, -0.1) is 0 Å². The van der Waals surface area contributed by atoms with E-state index in [1.165, 1.54) is 14.2 Å². The normalized spacial score (nSPS) is 12.1. The first-order chi connectivity index (χ1) is 8.47. The summed E-state index contributed by atoms with van der Waals surface area (Å²) in [7, 11) is 2.89. The zero-order chi connectivity index (χ0) is 13.7. The highest BCUT2D eigenvalue weighted by atomic mass is 16.5. The van der Waals surface area contributed by atoms with E-state index in [1.807, 2.05) is 20.8 Å². The van der Waals surface area contributed by atoms with Gasteiger partial charge in [0.2, 0.25) is 11.8 Å². The molecule has 0 fully saturated rings. The minimum atomic E-state index is -0.485. The second-order valence-corrected chi connectivity index (χ2v) is 4.26. The van der Waals surface area contributed by atoms with Crippen molar-refractivity contribution in [3.05, 3.63) is 11.8 Å². The minimum absolute atomic E-state index is 0.0626. The number of hydrogen-bond acceptors (Lipinski definition) is 6. The van der Waals surface area contributed by atoms with Gasteiger partial charge in [-0.2, -0.15) is 4.98 Å². The van der Waals surface area contributed by atoms with Crippen molar-refractivity contribution in [3.8, 4) is 5.88 Å². The molecule has 0 unspecified atom stereocenters. The maximum absolute atomic E-state index is 11.6. The van der Waals surface area contributed by atoms with Crippen molar-refractivity contribution < 1.29 is 14.3 Å². The van der Waals surface area contributed by atoms with Crippen LogP contribution in [0.1, 0.15) is 19.5 Å². The molecule has 1 aromatic heterocycles. The van der Waals surface area contributed by atoms with Crippen molar-refractivity contribution in [3.63, 3.8) is 0 Å². The third-order valence-electron chi connectivity index (χ3n) is 2.45. The van der Waals surface area contributed by atoms with Crippen LogP contribution in [0.2, 0.25) is 0 Å². The lowest BCUT2D eigenvalue weighted by Crippen LogP contribution is -2.36. The predicted molar refractivity (Wildman–Crippen MR) is 67.6 cm³/mol. The zero-order valence-electron chi connectivity index (χ0n) is 11.4. The van der Waals surface area contributed by atoms with E-state index in [-0.39, 0.29) is 11.9 Å². The highest BCUT2D eigenvalue weighted by molar-refractivity contribution is 5.78. The van der Waals surface area contributed by atoms with Gasteiger partial charge in [0.15, 0.2) is 0 Å². The monoisotopic (exact) mass is 253 g/mol. The first-order valence-electron chi connectivity index (χ1n) is 5.72. The molecule has 1 atom stereocenters. The number of aromatic nitrogens is 2. The number of ether oxygens (including phenoxy) is 2. The van der Waals surface area contributed by atoms with E-state index < -0.39 is 6.04 Å². The predicted octanol–water partition coefficient (Wildman–Crippen LogP) is 1.40. The summed E-state index contributed by atoms with van der Waals surface area (Å²) in [5.74, 6) is 0.537. The first-order valence-corrected chi connectivity index (χ1v) is 5.72. The maximum Gasteiger partial charge on any atom is 0.328 e. The summed E-state index contributed by atoms with van der Waals surface area (Å²) < 4.78 is 9.80. The Kier molecular flexibility index (Phi) is 4.88. The van der Waals surface area contributed by atoms with Gasteiger partial charge < -0.3 is 14.8 Å². The van der Waals surface area contributed by atoms with Gasteiger partial charge in [-0.25, -0.2) is 9.78 Å². The highest BCUT2D eigenvalue weighted by Crippen LogP contribution is 2.14. The molecule has 0 bridgehead atoms. The molecular formula is C12H19N3O3.